The molecule has 76 valence electrons. The van der Waals surface area contributed by atoms with E-state index in [2.05, 4.69) is 33.9 Å². The smallest absolute Gasteiger partial charge is 0.0950 e. The summed E-state index contributed by atoms with van der Waals surface area (Å²) >= 11 is 0. The number of hydrogen-bond acceptors (Lipinski definition) is 2. The molecular weight excluding hydrogens is 174 g/mol. The normalized spacial score (nSPS) is 16.6. The molecule has 1 N–H and O–H groups in total. The zero-order valence-corrected chi connectivity index (χ0v) is 8.61. The molecule has 1 aliphatic carbocycles. The Labute approximate surface area is 84.8 Å². The van der Waals surface area contributed by atoms with Gasteiger partial charge in [0.2, 0.25) is 0 Å². The van der Waals surface area contributed by atoms with Gasteiger partial charge in [-0.15, -0.1) is 0 Å². The summed E-state index contributed by atoms with van der Waals surface area (Å²) in [7, 11) is 0. The molecule has 14 heavy (non-hydrogen) atoms. The van der Waals surface area contributed by atoms with Gasteiger partial charge >= 0.3 is 0 Å². The summed E-state index contributed by atoms with van der Waals surface area (Å²) in [6, 6.07) is 0.788. The van der Waals surface area contributed by atoms with Crippen molar-refractivity contribution in [1.29, 1.82) is 0 Å². The van der Waals surface area contributed by atoms with E-state index in [0.29, 0.717) is 0 Å². The molecule has 0 radical (unpaired) electrons. The monoisotopic (exact) mass is 191 g/mol. The minimum Gasteiger partial charge on any atom is -0.331 e. The van der Waals surface area contributed by atoms with Gasteiger partial charge in [0.25, 0.3) is 0 Å². The molecule has 1 aliphatic rings. The van der Waals surface area contributed by atoms with Gasteiger partial charge in [0.05, 0.1) is 18.2 Å². The molecule has 0 saturated heterocycles. The molecule has 3 heteroatoms. The predicted molar refractivity (Wildman–Crippen MR) is 58.0 cm³/mol. The molecular formula is C11H17N3. The predicted octanol–water partition coefficient (Wildman–Crippen LogP) is 1.67. The van der Waals surface area contributed by atoms with Gasteiger partial charge in [-0.25, -0.2) is 4.98 Å². The van der Waals surface area contributed by atoms with Crippen LogP contribution in [0.5, 0.6) is 0 Å². The van der Waals surface area contributed by atoms with E-state index < -0.39 is 0 Å². The van der Waals surface area contributed by atoms with Crippen molar-refractivity contribution in [3.63, 3.8) is 0 Å². The number of imidazole rings is 1. The second-order valence-corrected chi connectivity index (χ2v) is 3.69. The Morgan fingerprint density at radius 3 is 3.21 bits per heavy atom. The van der Waals surface area contributed by atoms with Crippen LogP contribution in [-0.4, -0.2) is 22.1 Å². The molecule has 1 heterocycles. The number of aromatic nitrogens is 2. The molecule has 0 aromatic carbocycles. The molecule has 0 spiro atoms. The topological polar surface area (TPSA) is 29.9 Å². The third-order valence-corrected chi connectivity index (χ3v) is 2.48. The van der Waals surface area contributed by atoms with Crippen LogP contribution in [0.1, 0.15) is 25.5 Å². The van der Waals surface area contributed by atoms with Gasteiger partial charge in [0.15, 0.2) is 0 Å². The molecule has 1 saturated carbocycles. The highest BCUT2D eigenvalue weighted by molar-refractivity contribution is 5.43. The van der Waals surface area contributed by atoms with E-state index in [9.17, 15) is 0 Å². The Kier molecular flexibility index (Phi) is 2.99. The lowest BCUT2D eigenvalue weighted by molar-refractivity contribution is 0.747. The Morgan fingerprint density at radius 1 is 1.64 bits per heavy atom. The molecule has 0 amide bonds. The van der Waals surface area contributed by atoms with Crippen LogP contribution in [0.3, 0.4) is 0 Å². The van der Waals surface area contributed by atoms with Crippen molar-refractivity contribution in [2.45, 2.75) is 32.4 Å². The zero-order chi connectivity index (χ0) is 9.80. The highest BCUT2D eigenvalue weighted by Gasteiger charge is 2.18. The average Bonchev–Trinajstić information content (AvgIpc) is 2.91. The molecule has 1 fully saturated rings. The molecule has 0 aliphatic heterocycles. The van der Waals surface area contributed by atoms with E-state index in [1.165, 1.54) is 18.5 Å². The Balaban J connectivity index is 1.82. The summed E-state index contributed by atoms with van der Waals surface area (Å²) in [5.41, 5.74) is 1.19. The maximum atomic E-state index is 4.11. The summed E-state index contributed by atoms with van der Waals surface area (Å²) in [6.07, 6.45) is 10.8. The van der Waals surface area contributed by atoms with E-state index in [-0.39, 0.29) is 0 Å². The SMILES string of the molecule is CCn1cncc1C=CCNC1CC1. The van der Waals surface area contributed by atoms with Gasteiger partial charge in [-0.1, -0.05) is 6.08 Å². The van der Waals surface area contributed by atoms with E-state index in [0.717, 1.165) is 19.1 Å². The standard InChI is InChI=1S/C11H17N3/c1-2-14-9-12-8-11(14)4-3-7-13-10-5-6-10/h3-4,8-10,13H,2,5-7H2,1H3. The third kappa shape index (κ3) is 2.45. The van der Waals surface area contributed by atoms with Crippen LogP contribution in [0.2, 0.25) is 0 Å². The van der Waals surface area contributed by atoms with Crippen molar-refractivity contribution in [2.75, 3.05) is 6.54 Å². The lowest BCUT2D eigenvalue weighted by atomic mass is 10.4. The Bertz CT molecular complexity index is 310. The fraction of sp³-hybridized carbons (Fsp3) is 0.545. The highest BCUT2D eigenvalue weighted by Crippen LogP contribution is 2.18. The lowest BCUT2D eigenvalue weighted by Crippen LogP contribution is -2.15. The van der Waals surface area contributed by atoms with Gasteiger partial charge in [-0.05, 0) is 25.8 Å². The second kappa shape index (κ2) is 4.42. The van der Waals surface area contributed by atoms with E-state index in [1.807, 2.05) is 12.5 Å². The third-order valence-electron chi connectivity index (χ3n) is 2.48. The Morgan fingerprint density at radius 2 is 2.50 bits per heavy atom. The largest absolute Gasteiger partial charge is 0.331 e. The fourth-order valence-electron chi connectivity index (χ4n) is 1.44. The molecule has 1 aromatic rings. The number of rotatable bonds is 5. The van der Waals surface area contributed by atoms with Crippen LogP contribution in [-0.2, 0) is 6.54 Å². The quantitative estimate of drug-likeness (QED) is 0.767. The van der Waals surface area contributed by atoms with Gasteiger partial charge in [-0.3, -0.25) is 0 Å². The number of nitrogens with zero attached hydrogens (tertiary/aromatic N) is 2. The van der Waals surface area contributed by atoms with Crippen LogP contribution < -0.4 is 5.32 Å². The number of nitrogens with one attached hydrogen (secondary N) is 1. The van der Waals surface area contributed by atoms with E-state index in [4.69, 9.17) is 0 Å². The van der Waals surface area contributed by atoms with E-state index in [1.54, 1.807) is 0 Å². The highest BCUT2D eigenvalue weighted by atomic mass is 15.0. The van der Waals surface area contributed by atoms with Gasteiger partial charge < -0.3 is 9.88 Å². The maximum Gasteiger partial charge on any atom is 0.0950 e. The minimum atomic E-state index is 0.788. The molecule has 3 nitrogen and oxygen atoms in total. The van der Waals surface area contributed by atoms with Crippen LogP contribution >= 0.6 is 0 Å². The zero-order valence-electron chi connectivity index (χ0n) is 8.61. The second-order valence-electron chi connectivity index (χ2n) is 3.69. The summed E-state index contributed by atoms with van der Waals surface area (Å²) in [5, 5.41) is 3.44. The van der Waals surface area contributed by atoms with Crippen LogP contribution in [0.25, 0.3) is 6.08 Å². The van der Waals surface area contributed by atoms with Crippen molar-refractivity contribution in [3.8, 4) is 0 Å². The average molecular weight is 191 g/mol. The summed E-state index contributed by atoms with van der Waals surface area (Å²) < 4.78 is 2.13. The minimum absolute atomic E-state index is 0.788. The van der Waals surface area contributed by atoms with Crippen molar-refractivity contribution in [3.05, 3.63) is 24.3 Å². The molecule has 2 rings (SSSR count). The summed E-state index contributed by atoms with van der Waals surface area (Å²) in [5.74, 6) is 0. The first-order chi connectivity index (χ1) is 6.90. The van der Waals surface area contributed by atoms with Crippen LogP contribution in [0, 0.1) is 0 Å². The maximum absolute atomic E-state index is 4.11. The first kappa shape index (κ1) is 9.46. The first-order valence-electron chi connectivity index (χ1n) is 5.30. The molecule has 0 atom stereocenters. The molecule has 0 bridgehead atoms. The fourth-order valence-corrected chi connectivity index (χ4v) is 1.44. The summed E-state index contributed by atoms with van der Waals surface area (Å²) in [4.78, 5) is 4.11. The lowest BCUT2D eigenvalue weighted by Gasteiger charge is -1.99. The first-order valence-corrected chi connectivity index (χ1v) is 5.30. The van der Waals surface area contributed by atoms with Crippen molar-refractivity contribution in [1.82, 2.24) is 14.9 Å². The van der Waals surface area contributed by atoms with Crippen molar-refractivity contribution >= 4 is 6.08 Å². The van der Waals surface area contributed by atoms with E-state index >= 15 is 0 Å². The number of aryl methyl sites for hydroxylation is 1. The van der Waals surface area contributed by atoms with Crippen LogP contribution in [0.4, 0.5) is 0 Å². The van der Waals surface area contributed by atoms with Gasteiger partial charge in [0.1, 0.15) is 0 Å². The molecule has 1 aromatic heterocycles. The Hall–Kier alpha value is -1.09. The van der Waals surface area contributed by atoms with Crippen molar-refractivity contribution in [2.24, 2.45) is 0 Å². The van der Waals surface area contributed by atoms with Gasteiger partial charge in [0, 0.05) is 19.1 Å². The van der Waals surface area contributed by atoms with Crippen molar-refractivity contribution < 1.29 is 0 Å². The number of hydrogen-bond donors (Lipinski definition) is 1. The molecule has 0 unspecified atom stereocenters. The van der Waals surface area contributed by atoms with Crippen LogP contribution in [0.15, 0.2) is 18.6 Å². The van der Waals surface area contributed by atoms with Gasteiger partial charge in [-0.2, -0.15) is 0 Å². The summed E-state index contributed by atoms with van der Waals surface area (Å²) in [6.45, 7) is 4.08.